The van der Waals surface area contributed by atoms with E-state index < -0.39 is 0 Å². The number of nitrogens with zero attached hydrogens (tertiary/aromatic N) is 3. The minimum absolute atomic E-state index is 0. The molecule has 0 aliphatic heterocycles. The van der Waals surface area contributed by atoms with Crippen LogP contribution in [0.15, 0.2) is 30.3 Å². The summed E-state index contributed by atoms with van der Waals surface area (Å²) in [6, 6.07) is 10.6. The van der Waals surface area contributed by atoms with Crippen molar-refractivity contribution in [3.63, 3.8) is 0 Å². The van der Waals surface area contributed by atoms with Crippen LogP contribution >= 0.6 is 23.7 Å². The molecule has 1 aromatic heterocycles. The Balaban J connectivity index is 0.00000341. The maximum absolute atomic E-state index is 13.5. The molecule has 2 aromatic carbocycles. The zero-order valence-electron chi connectivity index (χ0n) is 19.5. The molecule has 1 heterocycles. The summed E-state index contributed by atoms with van der Waals surface area (Å²) in [6.07, 6.45) is 0.402. The van der Waals surface area contributed by atoms with Crippen LogP contribution in [0.5, 0.6) is 0 Å². The summed E-state index contributed by atoms with van der Waals surface area (Å²) >= 11 is 1.63. The molecule has 1 amide bonds. The van der Waals surface area contributed by atoms with Crippen molar-refractivity contribution >= 4 is 45.0 Å². The third-order valence-electron chi connectivity index (χ3n) is 5.72. The molecule has 0 fully saturated rings. The number of carbonyl (C=O) groups excluding carboxylic acids is 1. The number of thiazole rings is 1. The molecule has 168 valence electrons. The second-order valence-corrected chi connectivity index (χ2v) is 9.08. The van der Waals surface area contributed by atoms with Gasteiger partial charge in [-0.25, -0.2) is 4.98 Å². The molecule has 0 aliphatic rings. The molecule has 3 rings (SSSR count). The van der Waals surface area contributed by atoms with Gasteiger partial charge in [0.25, 0.3) is 0 Å². The molecule has 0 saturated heterocycles. The zero-order chi connectivity index (χ0) is 21.8. The van der Waals surface area contributed by atoms with Gasteiger partial charge in [0.05, 0.1) is 16.6 Å². The number of likely N-dealkylation sites (N-methyl/N-ethyl adjacent to an activating group) is 1. The highest BCUT2D eigenvalue weighted by Crippen LogP contribution is 2.32. The van der Waals surface area contributed by atoms with Crippen LogP contribution < -0.4 is 4.90 Å². The number of hydrogen-bond acceptors (Lipinski definition) is 4. The Labute approximate surface area is 196 Å². The highest BCUT2D eigenvalue weighted by molar-refractivity contribution is 7.22. The van der Waals surface area contributed by atoms with Gasteiger partial charge in [-0.3, -0.25) is 9.69 Å². The average Bonchev–Trinajstić information content (AvgIpc) is 3.12. The number of fused-ring (bicyclic) bond motifs is 1. The average molecular weight is 460 g/mol. The Bertz CT molecular complexity index is 1040. The monoisotopic (exact) mass is 459 g/mol. The third kappa shape index (κ3) is 6.06. The molecular formula is C25H34ClN3OS. The number of hydrogen-bond donors (Lipinski definition) is 0. The van der Waals surface area contributed by atoms with Crippen molar-refractivity contribution in [3.05, 3.63) is 58.1 Å². The van der Waals surface area contributed by atoms with Crippen LogP contribution in [0.25, 0.3) is 10.2 Å². The Morgan fingerprint density at radius 1 is 0.935 bits per heavy atom. The fraction of sp³-hybridized carbons (Fsp3) is 0.440. The van der Waals surface area contributed by atoms with Crippen molar-refractivity contribution < 1.29 is 4.79 Å². The number of aryl methyl sites for hydroxylation is 4. The number of benzene rings is 2. The molecule has 0 bridgehead atoms. The number of rotatable bonds is 8. The molecule has 4 nitrogen and oxygen atoms in total. The van der Waals surface area contributed by atoms with Crippen LogP contribution in [0.4, 0.5) is 5.13 Å². The van der Waals surface area contributed by atoms with Gasteiger partial charge in [-0.1, -0.05) is 55.0 Å². The van der Waals surface area contributed by atoms with Crippen molar-refractivity contribution in [1.82, 2.24) is 9.88 Å². The maximum Gasteiger partial charge on any atom is 0.233 e. The SMILES string of the molecule is CCN(CC)CCN(C(=O)Cc1cc(C)ccc1C)c1nc2cc(C)cc(C)c2s1.Cl. The number of amides is 1. The highest BCUT2D eigenvalue weighted by Gasteiger charge is 2.22. The van der Waals surface area contributed by atoms with Gasteiger partial charge in [-0.2, -0.15) is 0 Å². The summed E-state index contributed by atoms with van der Waals surface area (Å²) in [4.78, 5) is 22.6. The van der Waals surface area contributed by atoms with Crippen molar-refractivity contribution in [2.45, 2.75) is 48.0 Å². The van der Waals surface area contributed by atoms with Gasteiger partial charge in [0, 0.05) is 13.1 Å². The summed E-state index contributed by atoms with van der Waals surface area (Å²) in [5.41, 5.74) is 6.85. The van der Waals surface area contributed by atoms with E-state index in [1.54, 1.807) is 11.3 Å². The molecule has 3 aromatic rings. The lowest BCUT2D eigenvalue weighted by atomic mass is 10.0. The van der Waals surface area contributed by atoms with Crippen molar-refractivity contribution in [2.75, 3.05) is 31.1 Å². The van der Waals surface area contributed by atoms with Gasteiger partial charge in [-0.15, -0.1) is 12.4 Å². The second kappa shape index (κ2) is 11.1. The maximum atomic E-state index is 13.5. The molecule has 0 spiro atoms. The van der Waals surface area contributed by atoms with E-state index in [9.17, 15) is 4.79 Å². The largest absolute Gasteiger partial charge is 0.302 e. The van der Waals surface area contributed by atoms with E-state index in [2.05, 4.69) is 76.8 Å². The Morgan fingerprint density at radius 3 is 2.32 bits per heavy atom. The predicted octanol–water partition coefficient (Wildman–Crippen LogP) is 5.87. The lowest BCUT2D eigenvalue weighted by Crippen LogP contribution is -2.39. The zero-order valence-corrected chi connectivity index (χ0v) is 21.1. The quantitative estimate of drug-likeness (QED) is 0.422. The van der Waals surface area contributed by atoms with E-state index in [4.69, 9.17) is 4.98 Å². The van der Waals surface area contributed by atoms with Gasteiger partial charge in [0.15, 0.2) is 5.13 Å². The lowest BCUT2D eigenvalue weighted by molar-refractivity contribution is -0.118. The smallest absolute Gasteiger partial charge is 0.233 e. The van der Waals surface area contributed by atoms with E-state index in [1.165, 1.54) is 21.4 Å². The van der Waals surface area contributed by atoms with Gasteiger partial charge < -0.3 is 4.90 Å². The van der Waals surface area contributed by atoms with Crippen LogP contribution in [-0.4, -0.2) is 42.0 Å². The Morgan fingerprint density at radius 2 is 1.65 bits per heavy atom. The van der Waals surface area contributed by atoms with Crippen molar-refractivity contribution in [1.29, 1.82) is 0 Å². The van der Waals surface area contributed by atoms with E-state index >= 15 is 0 Å². The van der Waals surface area contributed by atoms with E-state index in [0.717, 1.165) is 41.4 Å². The first-order valence-corrected chi connectivity index (χ1v) is 11.6. The van der Waals surface area contributed by atoms with Crippen molar-refractivity contribution in [2.24, 2.45) is 0 Å². The number of anilines is 1. The fourth-order valence-electron chi connectivity index (χ4n) is 3.84. The van der Waals surface area contributed by atoms with Gasteiger partial charge >= 0.3 is 0 Å². The molecule has 0 atom stereocenters. The first-order valence-electron chi connectivity index (χ1n) is 10.8. The van der Waals surface area contributed by atoms with Crippen LogP contribution in [0.3, 0.4) is 0 Å². The van der Waals surface area contributed by atoms with E-state index in [-0.39, 0.29) is 18.3 Å². The summed E-state index contributed by atoms with van der Waals surface area (Å²) in [7, 11) is 0. The van der Waals surface area contributed by atoms with Crippen molar-refractivity contribution in [3.8, 4) is 0 Å². The summed E-state index contributed by atoms with van der Waals surface area (Å²) in [5.74, 6) is 0.115. The fourth-order valence-corrected chi connectivity index (χ4v) is 4.90. The van der Waals surface area contributed by atoms with Crippen LogP contribution in [0.2, 0.25) is 0 Å². The van der Waals surface area contributed by atoms with Crippen LogP contribution in [-0.2, 0) is 11.2 Å². The molecule has 0 unspecified atom stereocenters. The highest BCUT2D eigenvalue weighted by atomic mass is 35.5. The lowest BCUT2D eigenvalue weighted by Gasteiger charge is -2.25. The van der Waals surface area contributed by atoms with Crippen LogP contribution in [0, 0.1) is 27.7 Å². The summed E-state index contributed by atoms with van der Waals surface area (Å²) < 4.78 is 1.17. The normalized spacial score (nSPS) is 11.1. The molecule has 0 aliphatic carbocycles. The van der Waals surface area contributed by atoms with Crippen LogP contribution in [0.1, 0.15) is 41.7 Å². The second-order valence-electron chi connectivity index (χ2n) is 8.11. The Kier molecular flexibility index (Phi) is 9.04. The van der Waals surface area contributed by atoms with Gasteiger partial charge in [0.2, 0.25) is 5.91 Å². The summed E-state index contributed by atoms with van der Waals surface area (Å²) in [6.45, 7) is 16.1. The molecular weight excluding hydrogens is 426 g/mol. The Hall–Kier alpha value is -1.95. The summed E-state index contributed by atoms with van der Waals surface area (Å²) in [5, 5.41) is 0.807. The number of aromatic nitrogens is 1. The molecule has 31 heavy (non-hydrogen) atoms. The number of halogens is 1. The molecule has 0 saturated carbocycles. The molecule has 0 radical (unpaired) electrons. The van der Waals surface area contributed by atoms with E-state index in [0.29, 0.717) is 13.0 Å². The van der Waals surface area contributed by atoms with E-state index in [1.807, 2.05) is 4.90 Å². The first kappa shape index (κ1) is 25.3. The predicted molar refractivity (Wildman–Crippen MR) is 136 cm³/mol. The van der Waals surface area contributed by atoms with Gasteiger partial charge in [0.1, 0.15) is 0 Å². The minimum atomic E-state index is 0. The first-order chi connectivity index (χ1) is 14.3. The molecule has 0 N–H and O–H groups in total. The minimum Gasteiger partial charge on any atom is -0.302 e. The third-order valence-corrected chi connectivity index (χ3v) is 6.95. The molecule has 6 heteroatoms. The van der Waals surface area contributed by atoms with Gasteiger partial charge in [-0.05, 0) is 69.1 Å². The number of carbonyl (C=O) groups is 1. The standard InChI is InChI=1S/C25H33N3OS.ClH/c1-7-27(8-2)11-12-28(23(29)16-21-14-17(3)9-10-19(21)5)25-26-22-15-18(4)13-20(6)24(22)30-25;/h9-10,13-15H,7-8,11-12,16H2,1-6H3;1H. The topological polar surface area (TPSA) is 36.4 Å².